The minimum Gasteiger partial charge on any atom is -0.304 e. The van der Waals surface area contributed by atoms with Gasteiger partial charge < -0.3 is 5.32 Å². The van der Waals surface area contributed by atoms with E-state index >= 15 is 0 Å². The summed E-state index contributed by atoms with van der Waals surface area (Å²) in [5.41, 5.74) is 1.03. The van der Waals surface area contributed by atoms with Crippen molar-refractivity contribution in [1.29, 1.82) is 0 Å². The van der Waals surface area contributed by atoms with Gasteiger partial charge in [-0.15, -0.1) is 10.2 Å². The van der Waals surface area contributed by atoms with E-state index in [1.54, 1.807) is 6.20 Å². The highest BCUT2D eigenvalue weighted by atomic mass is 15.5. The predicted octanol–water partition coefficient (Wildman–Crippen LogP) is -0.787. The van der Waals surface area contributed by atoms with E-state index in [0.717, 1.165) is 5.69 Å². The molecule has 0 saturated heterocycles. The summed E-state index contributed by atoms with van der Waals surface area (Å²) in [5.74, 6) is 0.652. The third kappa shape index (κ3) is 2.09. The monoisotopic (exact) mass is 179 g/mol. The molecular weight excluding hydrogens is 170 g/mol. The van der Waals surface area contributed by atoms with E-state index in [4.69, 9.17) is 0 Å². The highest BCUT2D eigenvalue weighted by Gasteiger charge is 1.97. The minimum absolute atomic E-state index is 0.593. The van der Waals surface area contributed by atoms with E-state index in [1.165, 1.54) is 0 Å². The zero-order chi connectivity index (χ0) is 8.93. The zero-order valence-electron chi connectivity index (χ0n) is 6.86. The summed E-state index contributed by atoms with van der Waals surface area (Å²) in [6.07, 6.45) is 1.71. The van der Waals surface area contributed by atoms with Crippen LogP contribution in [0.3, 0.4) is 0 Å². The molecule has 0 aliphatic carbocycles. The topological polar surface area (TPSA) is 95.2 Å². The molecule has 0 saturated carbocycles. The molecule has 0 unspecified atom stereocenters. The van der Waals surface area contributed by atoms with Gasteiger partial charge in [0.15, 0.2) is 5.82 Å². The van der Waals surface area contributed by atoms with Crippen LogP contribution in [0.5, 0.6) is 0 Å². The summed E-state index contributed by atoms with van der Waals surface area (Å²) in [4.78, 5) is 0. The number of nitrogens with one attached hydrogen (secondary N) is 3. The molecule has 0 atom stereocenters. The molecule has 2 aromatic heterocycles. The molecule has 0 radical (unpaired) electrons. The molecule has 68 valence electrons. The molecule has 7 heteroatoms. The molecule has 0 spiro atoms. The molecule has 0 amide bonds. The summed E-state index contributed by atoms with van der Waals surface area (Å²) in [5, 5.41) is 23.2. The van der Waals surface area contributed by atoms with Crippen molar-refractivity contribution < 1.29 is 0 Å². The molecule has 3 N–H and O–H groups in total. The van der Waals surface area contributed by atoms with Crippen molar-refractivity contribution in [3.8, 4) is 0 Å². The van der Waals surface area contributed by atoms with Crippen LogP contribution in [0.4, 0.5) is 0 Å². The SMILES string of the molecule is c1cc(CNCc2nn[nH]n2)[nH]n1. The Kier molecular flexibility index (Phi) is 2.28. The fraction of sp³-hybridized carbons (Fsp3) is 0.333. The lowest BCUT2D eigenvalue weighted by molar-refractivity contribution is 0.651. The number of hydrogen-bond acceptors (Lipinski definition) is 5. The second-order valence-electron chi connectivity index (χ2n) is 2.51. The Balaban J connectivity index is 1.76. The van der Waals surface area contributed by atoms with Crippen molar-refractivity contribution in [3.63, 3.8) is 0 Å². The van der Waals surface area contributed by atoms with Crippen LogP contribution in [0.2, 0.25) is 0 Å². The summed E-state index contributed by atoms with van der Waals surface area (Å²) in [6.45, 7) is 1.31. The number of H-pyrrole nitrogens is 2. The number of nitrogens with zero attached hydrogens (tertiary/aromatic N) is 4. The van der Waals surface area contributed by atoms with E-state index in [2.05, 4.69) is 36.1 Å². The summed E-state index contributed by atoms with van der Waals surface area (Å²) >= 11 is 0. The Labute approximate surface area is 73.9 Å². The molecule has 2 heterocycles. The minimum atomic E-state index is 0.593. The van der Waals surface area contributed by atoms with Crippen LogP contribution in [-0.4, -0.2) is 30.8 Å². The van der Waals surface area contributed by atoms with Gasteiger partial charge in [-0.1, -0.05) is 5.21 Å². The summed E-state index contributed by atoms with van der Waals surface area (Å²) in [7, 11) is 0. The molecular formula is C6H9N7. The van der Waals surface area contributed by atoms with E-state index in [1.807, 2.05) is 6.07 Å². The van der Waals surface area contributed by atoms with Crippen LogP contribution in [0.25, 0.3) is 0 Å². The number of rotatable bonds is 4. The molecule has 7 nitrogen and oxygen atoms in total. The third-order valence-corrected chi connectivity index (χ3v) is 1.55. The first kappa shape index (κ1) is 7.87. The quantitative estimate of drug-likeness (QED) is 0.571. The first-order chi connectivity index (χ1) is 6.45. The summed E-state index contributed by atoms with van der Waals surface area (Å²) < 4.78 is 0. The largest absolute Gasteiger partial charge is 0.304 e. The van der Waals surface area contributed by atoms with Crippen molar-refractivity contribution in [2.24, 2.45) is 0 Å². The van der Waals surface area contributed by atoms with Gasteiger partial charge in [0.05, 0.1) is 6.54 Å². The van der Waals surface area contributed by atoms with E-state index in [-0.39, 0.29) is 0 Å². The maximum atomic E-state index is 3.82. The molecule has 0 aromatic carbocycles. The molecule has 0 aliphatic rings. The normalized spacial score (nSPS) is 10.5. The van der Waals surface area contributed by atoms with Gasteiger partial charge in [-0.25, -0.2) is 0 Å². The standard InChI is InChI=1S/C6H9N7/c1-2-8-9-5(1)3-7-4-6-10-12-13-11-6/h1-2,7H,3-4H2,(H,8,9)(H,10,11,12,13). The van der Waals surface area contributed by atoms with Crippen LogP contribution in [-0.2, 0) is 13.1 Å². The molecule has 13 heavy (non-hydrogen) atoms. The first-order valence-electron chi connectivity index (χ1n) is 3.86. The van der Waals surface area contributed by atoms with Gasteiger partial charge in [0.2, 0.25) is 0 Å². The Morgan fingerprint density at radius 3 is 3.08 bits per heavy atom. The Bertz CT molecular complexity index is 290. The van der Waals surface area contributed by atoms with Gasteiger partial charge in [0.1, 0.15) is 0 Å². The molecule has 0 fully saturated rings. The third-order valence-electron chi connectivity index (χ3n) is 1.55. The lowest BCUT2D eigenvalue weighted by atomic mass is 10.4. The second kappa shape index (κ2) is 3.76. The van der Waals surface area contributed by atoms with Crippen molar-refractivity contribution >= 4 is 0 Å². The number of aromatic amines is 2. The second-order valence-corrected chi connectivity index (χ2v) is 2.51. The van der Waals surface area contributed by atoms with E-state index < -0.39 is 0 Å². The Hall–Kier alpha value is -1.76. The smallest absolute Gasteiger partial charge is 0.188 e. The van der Waals surface area contributed by atoms with Gasteiger partial charge in [0.25, 0.3) is 0 Å². The molecule has 2 aromatic rings. The average Bonchev–Trinajstić information content (AvgIpc) is 2.75. The lowest BCUT2D eigenvalue weighted by Crippen LogP contribution is -2.14. The zero-order valence-corrected chi connectivity index (χ0v) is 6.86. The van der Waals surface area contributed by atoms with Crippen LogP contribution < -0.4 is 5.32 Å². The van der Waals surface area contributed by atoms with Crippen molar-refractivity contribution in [2.45, 2.75) is 13.1 Å². The van der Waals surface area contributed by atoms with Crippen LogP contribution in [0.1, 0.15) is 11.5 Å². The molecule has 0 bridgehead atoms. The highest BCUT2D eigenvalue weighted by Crippen LogP contribution is 1.90. The van der Waals surface area contributed by atoms with Crippen molar-refractivity contribution in [2.75, 3.05) is 0 Å². The first-order valence-corrected chi connectivity index (χ1v) is 3.86. The Morgan fingerprint density at radius 1 is 1.38 bits per heavy atom. The van der Waals surface area contributed by atoms with Gasteiger partial charge >= 0.3 is 0 Å². The highest BCUT2D eigenvalue weighted by molar-refractivity contribution is 4.96. The van der Waals surface area contributed by atoms with Gasteiger partial charge in [-0.05, 0) is 6.07 Å². The van der Waals surface area contributed by atoms with Gasteiger partial charge in [-0.2, -0.15) is 10.3 Å². The van der Waals surface area contributed by atoms with Gasteiger partial charge in [0, 0.05) is 18.4 Å². The number of aromatic nitrogens is 6. The Morgan fingerprint density at radius 2 is 2.38 bits per heavy atom. The summed E-state index contributed by atoms with van der Waals surface area (Å²) in [6, 6.07) is 1.91. The van der Waals surface area contributed by atoms with E-state index in [9.17, 15) is 0 Å². The number of hydrogen-bond donors (Lipinski definition) is 3. The van der Waals surface area contributed by atoms with Crippen LogP contribution >= 0.6 is 0 Å². The molecule has 0 aliphatic heterocycles. The fourth-order valence-corrected chi connectivity index (χ4v) is 0.950. The predicted molar refractivity (Wildman–Crippen MR) is 43.3 cm³/mol. The van der Waals surface area contributed by atoms with Crippen molar-refractivity contribution in [3.05, 3.63) is 23.8 Å². The van der Waals surface area contributed by atoms with Crippen LogP contribution in [0, 0.1) is 0 Å². The average molecular weight is 179 g/mol. The van der Waals surface area contributed by atoms with E-state index in [0.29, 0.717) is 18.9 Å². The van der Waals surface area contributed by atoms with Gasteiger partial charge in [-0.3, -0.25) is 5.10 Å². The maximum Gasteiger partial charge on any atom is 0.188 e. The fourth-order valence-electron chi connectivity index (χ4n) is 0.950. The number of tetrazole rings is 1. The van der Waals surface area contributed by atoms with Crippen LogP contribution in [0.15, 0.2) is 12.3 Å². The van der Waals surface area contributed by atoms with Crippen molar-refractivity contribution in [1.82, 2.24) is 36.1 Å². The maximum absolute atomic E-state index is 3.82. The lowest BCUT2D eigenvalue weighted by Gasteiger charge is -1.97. The molecule has 2 rings (SSSR count).